The second-order valence-electron chi connectivity index (χ2n) is 6.59. The Morgan fingerprint density at radius 1 is 1.00 bits per heavy atom. The summed E-state index contributed by atoms with van der Waals surface area (Å²) in [6.45, 7) is 3.69. The predicted molar refractivity (Wildman–Crippen MR) is 97.4 cm³/mol. The van der Waals surface area contributed by atoms with Crippen molar-refractivity contribution in [1.29, 1.82) is 0 Å². The summed E-state index contributed by atoms with van der Waals surface area (Å²) in [7, 11) is 0. The lowest BCUT2D eigenvalue weighted by molar-refractivity contribution is 0.0620. The number of hydrogen-bond acceptors (Lipinski definition) is 4. The molecule has 1 saturated heterocycles. The number of halogens is 1. The first-order valence-electron chi connectivity index (χ1n) is 8.95. The fourth-order valence-corrected chi connectivity index (χ4v) is 3.23. The smallest absolute Gasteiger partial charge is 0.274 e. The van der Waals surface area contributed by atoms with Crippen LogP contribution in [0.3, 0.4) is 0 Å². The summed E-state index contributed by atoms with van der Waals surface area (Å²) >= 11 is 0. The molecule has 4 rings (SSSR count). The number of piperazine rings is 1. The summed E-state index contributed by atoms with van der Waals surface area (Å²) in [5.41, 5.74) is 1.12. The van der Waals surface area contributed by atoms with Crippen LogP contribution in [0.15, 0.2) is 55.0 Å². The Kier molecular flexibility index (Phi) is 4.97. The normalized spacial score (nSPS) is 15.2. The van der Waals surface area contributed by atoms with Gasteiger partial charge < -0.3 is 4.90 Å². The van der Waals surface area contributed by atoms with Crippen LogP contribution in [0.1, 0.15) is 16.1 Å². The molecule has 3 aromatic rings. The van der Waals surface area contributed by atoms with Crippen LogP contribution in [0.25, 0.3) is 0 Å². The van der Waals surface area contributed by atoms with Crippen LogP contribution in [0.4, 0.5) is 4.39 Å². The van der Waals surface area contributed by atoms with Crippen molar-refractivity contribution >= 4 is 5.91 Å². The molecule has 0 spiro atoms. The molecule has 140 valence electrons. The summed E-state index contributed by atoms with van der Waals surface area (Å²) in [5, 5.41) is 8.49. The Bertz CT molecular complexity index is 899. The lowest BCUT2D eigenvalue weighted by atomic mass is 10.2. The average molecular weight is 368 g/mol. The topological polar surface area (TPSA) is 59.2 Å². The quantitative estimate of drug-likeness (QED) is 0.688. The highest BCUT2D eigenvalue weighted by molar-refractivity contribution is 5.92. The van der Waals surface area contributed by atoms with Gasteiger partial charge in [-0.25, -0.2) is 4.39 Å². The summed E-state index contributed by atoms with van der Waals surface area (Å²) in [6.07, 6.45) is 5.33. The van der Waals surface area contributed by atoms with Gasteiger partial charge in [0.1, 0.15) is 18.2 Å². The highest BCUT2D eigenvalue weighted by atomic mass is 19.1. The minimum absolute atomic E-state index is 0.0697. The Labute approximate surface area is 156 Å². The monoisotopic (exact) mass is 368 g/mol. The second kappa shape index (κ2) is 7.71. The van der Waals surface area contributed by atoms with E-state index in [0.29, 0.717) is 50.6 Å². The zero-order valence-electron chi connectivity index (χ0n) is 14.9. The van der Waals surface area contributed by atoms with Crippen molar-refractivity contribution in [3.05, 3.63) is 72.1 Å². The molecule has 8 heteroatoms. The van der Waals surface area contributed by atoms with Crippen molar-refractivity contribution in [1.82, 2.24) is 29.4 Å². The van der Waals surface area contributed by atoms with Crippen LogP contribution in [-0.2, 0) is 13.2 Å². The minimum Gasteiger partial charge on any atom is -0.335 e. The third-order valence-corrected chi connectivity index (χ3v) is 4.72. The average Bonchev–Trinajstić information content (AvgIpc) is 3.36. The predicted octanol–water partition coefficient (Wildman–Crippen LogP) is 1.68. The second-order valence-corrected chi connectivity index (χ2v) is 6.59. The summed E-state index contributed by atoms with van der Waals surface area (Å²) in [6, 6.07) is 10.4. The Balaban J connectivity index is 1.32. The van der Waals surface area contributed by atoms with Crippen molar-refractivity contribution in [3.8, 4) is 0 Å². The van der Waals surface area contributed by atoms with E-state index in [9.17, 15) is 9.18 Å². The molecule has 3 heterocycles. The maximum Gasteiger partial charge on any atom is 0.274 e. The molecule has 1 aliphatic heterocycles. The number of aromatic nitrogens is 4. The summed E-state index contributed by atoms with van der Waals surface area (Å²) in [5.74, 6) is -0.251. The molecule has 0 saturated carbocycles. The molecule has 1 aliphatic rings. The fourth-order valence-electron chi connectivity index (χ4n) is 3.23. The maximum absolute atomic E-state index is 13.8. The number of amides is 1. The van der Waals surface area contributed by atoms with Crippen LogP contribution in [0.5, 0.6) is 0 Å². The Hall–Kier alpha value is -3.00. The molecular formula is C19H21FN6O. The van der Waals surface area contributed by atoms with Crippen LogP contribution < -0.4 is 0 Å². The highest BCUT2D eigenvalue weighted by Crippen LogP contribution is 2.13. The molecule has 2 aromatic heterocycles. The number of carbonyl (C=O) groups is 1. The lowest BCUT2D eigenvalue weighted by Crippen LogP contribution is -2.48. The highest BCUT2D eigenvalue weighted by Gasteiger charge is 2.24. The van der Waals surface area contributed by atoms with Gasteiger partial charge in [-0.1, -0.05) is 18.2 Å². The van der Waals surface area contributed by atoms with E-state index in [4.69, 9.17) is 0 Å². The lowest BCUT2D eigenvalue weighted by Gasteiger charge is -2.34. The van der Waals surface area contributed by atoms with E-state index >= 15 is 0 Å². The van der Waals surface area contributed by atoms with E-state index in [1.807, 2.05) is 18.3 Å². The summed E-state index contributed by atoms with van der Waals surface area (Å²) in [4.78, 5) is 16.7. The van der Waals surface area contributed by atoms with Gasteiger partial charge in [-0.15, -0.1) is 0 Å². The molecule has 27 heavy (non-hydrogen) atoms. The first-order valence-corrected chi connectivity index (χ1v) is 8.95. The van der Waals surface area contributed by atoms with Crippen molar-refractivity contribution < 1.29 is 9.18 Å². The fraction of sp³-hybridized carbons (Fsp3) is 0.316. The third-order valence-electron chi connectivity index (χ3n) is 4.72. The van der Waals surface area contributed by atoms with Gasteiger partial charge in [-0.3, -0.25) is 19.1 Å². The number of hydrogen-bond donors (Lipinski definition) is 0. The number of carbonyl (C=O) groups excluding carboxylic acids is 1. The molecule has 0 bridgehead atoms. The molecular weight excluding hydrogens is 347 g/mol. The Morgan fingerprint density at radius 2 is 1.81 bits per heavy atom. The zero-order chi connectivity index (χ0) is 18.6. The van der Waals surface area contributed by atoms with Crippen LogP contribution >= 0.6 is 0 Å². The number of benzene rings is 1. The van der Waals surface area contributed by atoms with Crippen LogP contribution in [0.2, 0.25) is 0 Å². The molecule has 7 nitrogen and oxygen atoms in total. The van der Waals surface area contributed by atoms with Gasteiger partial charge >= 0.3 is 0 Å². The van der Waals surface area contributed by atoms with Crippen molar-refractivity contribution in [2.24, 2.45) is 0 Å². The van der Waals surface area contributed by atoms with Crippen molar-refractivity contribution in [2.75, 3.05) is 26.2 Å². The maximum atomic E-state index is 13.8. The van der Waals surface area contributed by atoms with E-state index < -0.39 is 0 Å². The molecule has 0 aliphatic carbocycles. The van der Waals surface area contributed by atoms with Crippen LogP contribution in [-0.4, -0.2) is 61.4 Å². The van der Waals surface area contributed by atoms with Gasteiger partial charge in [-0.2, -0.15) is 10.2 Å². The van der Waals surface area contributed by atoms with Crippen LogP contribution in [0, 0.1) is 5.82 Å². The van der Waals surface area contributed by atoms with Crippen molar-refractivity contribution in [3.63, 3.8) is 0 Å². The molecule has 0 atom stereocenters. The van der Waals surface area contributed by atoms with Gasteiger partial charge in [0, 0.05) is 56.9 Å². The molecule has 0 radical (unpaired) electrons. The largest absolute Gasteiger partial charge is 0.335 e. The Morgan fingerprint density at radius 3 is 2.56 bits per heavy atom. The third kappa shape index (κ3) is 4.06. The molecule has 1 fully saturated rings. The van der Waals surface area contributed by atoms with Gasteiger partial charge in [0.15, 0.2) is 0 Å². The van der Waals surface area contributed by atoms with Gasteiger partial charge in [0.25, 0.3) is 5.91 Å². The van der Waals surface area contributed by atoms with E-state index in [1.54, 1.807) is 44.9 Å². The zero-order valence-corrected chi connectivity index (χ0v) is 14.9. The van der Waals surface area contributed by atoms with Crippen molar-refractivity contribution in [2.45, 2.75) is 13.2 Å². The number of rotatable bonds is 5. The van der Waals surface area contributed by atoms with Gasteiger partial charge in [0.05, 0.1) is 0 Å². The molecule has 0 unspecified atom stereocenters. The molecule has 1 amide bonds. The summed E-state index contributed by atoms with van der Waals surface area (Å²) < 4.78 is 17.2. The molecule has 1 aromatic carbocycles. The van der Waals surface area contributed by atoms with E-state index in [-0.39, 0.29) is 11.7 Å². The van der Waals surface area contributed by atoms with Gasteiger partial charge in [-0.05, 0) is 18.2 Å². The van der Waals surface area contributed by atoms with E-state index in [1.165, 1.54) is 6.07 Å². The first-order chi connectivity index (χ1) is 13.2. The standard InChI is InChI=1S/C19H21FN6O/c20-17-5-2-1-4-16(17)14-23-10-12-24(13-11-23)19(27)18-6-9-26(22-18)15-25-8-3-7-21-25/h1-9H,10-15H2. The van der Waals surface area contributed by atoms with E-state index in [0.717, 1.165) is 0 Å². The number of nitrogens with zero attached hydrogens (tertiary/aromatic N) is 6. The molecule has 0 N–H and O–H groups in total. The SMILES string of the molecule is O=C(c1ccn(Cn2cccn2)n1)N1CCN(Cc2ccccc2F)CC1. The minimum atomic E-state index is -0.182. The first kappa shape index (κ1) is 17.4. The van der Waals surface area contributed by atoms with Gasteiger partial charge in [0.2, 0.25) is 0 Å². The van der Waals surface area contributed by atoms with E-state index in [2.05, 4.69) is 15.1 Å².